The number of carbonyl (C=O) groups excluding carboxylic acids is 2. The first-order chi connectivity index (χ1) is 18.4. The molecule has 2 aromatic carbocycles. The molecular formula is C29H26N2O7S. The summed E-state index contributed by atoms with van der Waals surface area (Å²) < 4.78 is 45.4. The van der Waals surface area contributed by atoms with E-state index in [9.17, 15) is 18.0 Å². The lowest BCUT2D eigenvalue weighted by atomic mass is 10.1. The minimum absolute atomic E-state index is 0.0608. The summed E-state index contributed by atoms with van der Waals surface area (Å²) in [4.78, 5) is 29.8. The summed E-state index contributed by atoms with van der Waals surface area (Å²) >= 11 is 0. The number of aryl methyl sites for hydroxylation is 1. The second-order valence-electron chi connectivity index (χ2n) is 10.0. The number of nitrogens with zero attached hydrogens (tertiary/aromatic N) is 2. The lowest BCUT2D eigenvalue weighted by molar-refractivity contribution is 0.00366. The van der Waals surface area contributed by atoms with Crippen molar-refractivity contribution in [1.82, 2.24) is 8.96 Å². The molecule has 3 heterocycles. The lowest BCUT2D eigenvalue weighted by Crippen LogP contribution is -2.23. The van der Waals surface area contributed by atoms with Crippen molar-refractivity contribution in [2.24, 2.45) is 0 Å². The number of benzene rings is 2. The largest absolute Gasteiger partial charge is 0.464 e. The lowest BCUT2D eigenvalue weighted by Gasteiger charge is -2.18. The molecule has 0 fully saturated rings. The van der Waals surface area contributed by atoms with E-state index in [1.807, 2.05) is 6.92 Å². The van der Waals surface area contributed by atoms with E-state index < -0.39 is 27.6 Å². The van der Waals surface area contributed by atoms with Crippen LogP contribution in [0.5, 0.6) is 0 Å². The number of aromatic nitrogens is 2. The van der Waals surface area contributed by atoms with Gasteiger partial charge in [-0.15, -0.1) is 0 Å². The highest BCUT2D eigenvalue weighted by Gasteiger charge is 2.29. The number of ether oxygens (including phenoxy) is 2. The van der Waals surface area contributed by atoms with E-state index in [0.29, 0.717) is 16.3 Å². The van der Waals surface area contributed by atoms with Gasteiger partial charge in [0.25, 0.3) is 10.0 Å². The number of fused-ring (bicyclic) bond motifs is 3. The molecule has 39 heavy (non-hydrogen) atoms. The molecule has 200 valence electrons. The van der Waals surface area contributed by atoms with E-state index >= 15 is 0 Å². The van der Waals surface area contributed by atoms with Crippen LogP contribution in [0.4, 0.5) is 0 Å². The molecular weight excluding hydrogens is 520 g/mol. The Morgan fingerprint density at radius 1 is 0.923 bits per heavy atom. The van der Waals surface area contributed by atoms with Gasteiger partial charge >= 0.3 is 11.9 Å². The topological polar surface area (TPSA) is 118 Å². The number of para-hydroxylation sites is 1. The van der Waals surface area contributed by atoms with Crippen molar-refractivity contribution >= 4 is 43.8 Å². The van der Waals surface area contributed by atoms with Crippen LogP contribution in [0.25, 0.3) is 33.3 Å². The third kappa shape index (κ3) is 4.67. The summed E-state index contributed by atoms with van der Waals surface area (Å²) in [5, 5.41) is 0.997. The number of hydrogen-bond donors (Lipinski definition) is 0. The summed E-state index contributed by atoms with van der Waals surface area (Å²) in [7, 11) is -2.90. The highest BCUT2D eigenvalue weighted by Crippen LogP contribution is 2.39. The molecule has 0 atom stereocenters. The molecule has 0 aliphatic carbocycles. The highest BCUT2D eigenvalue weighted by molar-refractivity contribution is 7.90. The van der Waals surface area contributed by atoms with E-state index in [1.165, 1.54) is 41.4 Å². The number of methoxy groups -OCH3 is 1. The van der Waals surface area contributed by atoms with Gasteiger partial charge in [-0.2, -0.15) is 0 Å². The molecule has 5 rings (SSSR count). The maximum Gasteiger partial charge on any atom is 0.374 e. The van der Waals surface area contributed by atoms with E-state index in [0.717, 1.165) is 5.56 Å². The van der Waals surface area contributed by atoms with Crippen molar-refractivity contribution in [3.63, 3.8) is 0 Å². The van der Waals surface area contributed by atoms with Crippen molar-refractivity contribution in [2.75, 3.05) is 7.11 Å². The third-order valence-corrected chi connectivity index (χ3v) is 7.74. The first-order valence-corrected chi connectivity index (χ1v) is 13.5. The Morgan fingerprint density at radius 2 is 1.62 bits per heavy atom. The summed E-state index contributed by atoms with van der Waals surface area (Å²) in [5.74, 6) is -1.34. The fraction of sp³-hybridized carbons (Fsp3) is 0.207. The van der Waals surface area contributed by atoms with Gasteiger partial charge in [0.05, 0.1) is 23.0 Å². The molecule has 0 amide bonds. The van der Waals surface area contributed by atoms with Crippen LogP contribution in [0.2, 0.25) is 0 Å². The third-order valence-electron chi connectivity index (χ3n) is 6.00. The van der Waals surface area contributed by atoms with Crippen molar-refractivity contribution in [2.45, 2.75) is 38.2 Å². The summed E-state index contributed by atoms with van der Waals surface area (Å²) in [6, 6.07) is 17.8. The van der Waals surface area contributed by atoms with Gasteiger partial charge in [-0.3, -0.25) is 0 Å². The Hall–Kier alpha value is -4.44. The van der Waals surface area contributed by atoms with Crippen LogP contribution >= 0.6 is 0 Å². The van der Waals surface area contributed by atoms with Crippen molar-refractivity contribution in [3.8, 4) is 11.5 Å². The van der Waals surface area contributed by atoms with Gasteiger partial charge in [-0.05, 0) is 64.1 Å². The quantitative estimate of drug-likeness (QED) is 0.256. The molecule has 5 aromatic rings. The monoisotopic (exact) mass is 546 g/mol. The predicted molar refractivity (Wildman–Crippen MR) is 145 cm³/mol. The maximum absolute atomic E-state index is 14.0. The van der Waals surface area contributed by atoms with Gasteiger partial charge in [0, 0.05) is 10.8 Å². The van der Waals surface area contributed by atoms with Gasteiger partial charge in [0.1, 0.15) is 11.3 Å². The molecule has 0 aliphatic rings. The second kappa shape index (κ2) is 9.39. The molecule has 0 bridgehead atoms. The standard InChI is InChI=1S/C29H26N2O7S/c1-17-10-12-18(13-11-17)39(34,35)31-21-9-7-6-8-19(21)25-22(31)16-20(27(32)36-5)30-26(25)23-14-15-24(37-23)28(33)38-29(2,3)4/h6-16H,1-5H3. The van der Waals surface area contributed by atoms with Crippen LogP contribution in [-0.4, -0.2) is 42.0 Å². The Kier molecular flexibility index (Phi) is 6.30. The maximum atomic E-state index is 14.0. The normalized spacial score (nSPS) is 12.1. The molecule has 0 N–H and O–H groups in total. The van der Waals surface area contributed by atoms with Gasteiger partial charge < -0.3 is 13.9 Å². The molecule has 0 aliphatic heterocycles. The predicted octanol–water partition coefficient (Wildman–Crippen LogP) is 5.74. The zero-order valence-corrected chi connectivity index (χ0v) is 22.8. The molecule has 0 unspecified atom stereocenters. The SMILES string of the molecule is COC(=O)c1cc2c(c(-c3ccc(C(=O)OC(C)(C)C)o3)n1)c1ccccc1n2S(=O)(=O)c1ccc(C)cc1. The van der Waals surface area contributed by atoms with Crippen LogP contribution in [0.3, 0.4) is 0 Å². The molecule has 0 spiro atoms. The number of esters is 2. The fourth-order valence-electron chi connectivity index (χ4n) is 4.31. The smallest absolute Gasteiger partial charge is 0.374 e. The summed E-state index contributed by atoms with van der Waals surface area (Å²) in [6.07, 6.45) is 0. The van der Waals surface area contributed by atoms with Crippen molar-refractivity contribution in [1.29, 1.82) is 0 Å². The number of pyridine rings is 1. The Bertz CT molecular complexity index is 1860. The van der Waals surface area contributed by atoms with Crippen LogP contribution in [0.15, 0.2) is 76.0 Å². The summed E-state index contributed by atoms with van der Waals surface area (Å²) in [6.45, 7) is 7.08. The van der Waals surface area contributed by atoms with Crippen molar-refractivity contribution < 1.29 is 31.9 Å². The number of hydrogen-bond acceptors (Lipinski definition) is 8. The van der Waals surface area contributed by atoms with Crippen molar-refractivity contribution in [3.05, 3.63) is 83.7 Å². The van der Waals surface area contributed by atoms with Crippen LogP contribution < -0.4 is 0 Å². The van der Waals surface area contributed by atoms with E-state index in [1.54, 1.807) is 57.2 Å². The van der Waals surface area contributed by atoms with Gasteiger partial charge in [0.15, 0.2) is 11.5 Å². The van der Waals surface area contributed by atoms with Gasteiger partial charge in [-0.1, -0.05) is 35.9 Å². The molecule has 3 aromatic heterocycles. The van der Waals surface area contributed by atoms with E-state index in [4.69, 9.17) is 13.9 Å². The van der Waals surface area contributed by atoms with Crippen LogP contribution in [0.1, 0.15) is 47.4 Å². The van der Waals surface area contributed by atoms with Gasteiger partial charge in [0.2, 0.25) is 5.76 Å². The first-order valence-electron chi connectivity index (χ1n) is 12.1. The second-order valence-corrected chi connectivity index (χ2v) is 11.8. The zero-order chi connectivity index (χ0) is 28.1. The average Bonchev–Trinajstić information content (AvgIpc) is 3.50. The molecule has 0 radical (unpaired) electrons. The Balaban J connectivity index is 1.83. The minimum atomic E-state index is -4.11. The summed E-state index contributed by atoms with van der Waals surface area (Å²) in [5.41, 5.74) is 0.817. The first kappa shape index (κ1) is 26.2. The zero-order valence-electron chi connectivity index (χ0n) is 22.0. The number of furan rings is 1. The Labute approximate surface area is 225 Å². The Morgan fingerprint density at radius 3 is 2.28 bits per heavy atom. The fourth-order valence-corrected chi connectivity index (χ4v) is 5.83. The van der Waals surface area contributed by atoms with E-state index in [2.05, 4.69) is 4.98 Å². The average molecular weight is 547 g/mol. The molecule has 9 nitrogen and oxygen atoms in total. The van der Waals surface area contributed by atoms with Crippen LogP contribution in [-0.2, 0) is 19.5 Å². The molecule has 0 saturated carbocycles. The van der Waals surface area contributed by atoms with E-state index in [-0.39, 0.29) is 33.3 Å². The minimum Gasteiger partial charge on any atom is -0.464 e. The van der Waals surface area contributed by atoms with Crippen LogP contribution in [0, 0.1) is 6.92 Å². The molecule has 10 heteroatoms. The van der Waals surface area contributed by atoms with Gasteiger partial charge in [-0.25, -0.2) is 27.0 Å². The number of rotatable bonds is 5. The molecule has 0 saturated heterocycles. The number of carbonyl (C=O) groups is 2. The highest BCUT2D eigenvalue weighted by atomic mass is 32.2.